The lowest BCUT2D eigenvalue weighted by molar-refractivity contribution is -0.384. The summed E-state index contributed by atoms with van der Waals surface area (Å²) in [7, 11) is 3.88. The number of pyridine rings is 1. The van der Waals surface area contributed by atoms with Crippen LogP contribution in [-0.4, -0.2) is 59.2 Å². The maximum absolute atomic E-state index is 11.0. The van der Waals surface area contributed by atoms with Crippen molar-refractivity contribution in [1.29, 1.82) is 0 Å². The van der Waals surface area contributed by atoms with Crippen molar-refractivity contribution in [2.75, 3.05) is 37.5 Å². The van der Waals surface area contributed by atoms with E-state index in [1.165, 1.54) is 12.1 Å². The SMILES string of the molecule is CN(C)CC1CC(O)CN1c1cc([N+](=O)[O-])cc(NN)n1. The number of hydrogen-bond acceptors (Lipinski definition) is 8. The molecule has 1 saturated heterocycles. The predicted molar refractivity (Wildman–Crippen MR) is 79.0 cm³/mol. The van der Waals surface area contributed by atoms with Gasteiger partial charge in [0, 0.05) is 19.1 Å². The number of nitrogen functional groups attached to an aromatic ring is 1. The summed E-state index contributed by atoms with van der Waals surface area (Å²) in [5.74, 6) is 5.99. The molecule has 0 saturated carbocycles. The Morgan fingerprint density at radius 3 is 2.90 bits per heavy atom. The lowest BCUT2D eigenvalue weighted by Gasteiger charge is -2.27. The molecule has 9 heteroatoms. The van der Waals surface area contributed by atoms with Crippen LogP contribution in [-0.2, 0) is 0 Å². The zero-order valence-electron chi connectivity index (χ0n) is 12.1. The predicted octanol–water partition coefficient (Wildman–Crippen LogP) is -0.223. The Morgan fingerprint density at radius 2 is 2.33 bits per heavy atom. The third kappa shape index (κ3) is 3.57. The second-order valence-electron chi connectivity index (χ2n) is 5.43. The summed E-state index contributed by atoms with van der Waals surface area (Å²) in [6, 6.07) is 2.73. The van der Waals surface area contributed by atoms with Gasteiger partial charge in [0.1, 0.15) is 11.6 Å². The molecule has 2 rings (SSSR count). The molecule has 1 aliphatic rings. The lowest BCUT2D eigenvalue weighted by atomic mass is 10.2. The summed E-state index contributed by atoms with van der Waals surface area (Å²) >= 11 is 0. The summed E-state index contributed by atoms with van der Waals surface area (Å²) in [6.45, 7) is 1.13. The quantitative estimate of drug-likeness (QED) is 0.387. The number of nitro groups is 1. The van der Waals surface area contributed by atoms with E-state index in [9.17, 15) is 15.2 Å². The number of nitrogens with one attached hydrogen (secondary N) is 1. The molecule has 1 fully saturated rings. The highest BCUT2D eigenvalue weighted by Crippen LogP contribution is 2.29. The van der Waals surface area contributed by atoms with Crippen LogP contribution in [0.4, 0.5) is 17.3 Å². The molecular weight excluding hydrogens is 276 g/mol. The number of aromatic nitrogens is 1. The van der Waals surface area contributed by atoms with Crippen LogP contribution < -0.4 is 16.2 Å². The Hall–Kier alpha value is -1.97. The van der Waals surface area contributed by atoms with E-state index in [1.54, 1.807) is 0 Å². The molecule has 4 N–H and O–H groups in total. The van der Waals surface area contributed by atoms with E-state index >= 15 is 0 Å². The highest BCUT2D eigenvalue weighted by Gasteiger charge is 2.33. The summed E-state index contributed by atoms with van der Waals surface area (Å²) in [5.41, 5.74) is 2.25. The molecule has 0 aliphatic carbocycles. The minimum atomic E-state index is -0.487. The van der Waals surface area contributed by atoms with E-state index in [0.717, 1.165) is 6.54 Å². The number of nitrogens with zero attached hydrogens (tertiary/aromatic N) is 4. The molecule has 0 bridgehead atoms. The molecule has 0 aromatic carbocycles. The van der Waals surface area contributed by atoms with Gasteiger partial charge in [-0.2, -0.15) is 0 Å². The molecule has 116 valence electrons. The Bertz CT molecular complexity index is 524. The molecule has 2 heterocycles. The van der Waals surface area contributed by atoms with Crippen molar-refractivity contribution in [3.05, 3.63) is 22.2 Å². The lowest BCUT2D eigenvalue weighted by Crippen LogP contribution is -2.38. The normalized spacial score (nSPS) is 21.9. The van der Waals surface area contributed by atoms with Crippen molar-refractivity contribution in [3.63, 3.8) is 0 Å². The van der Waals surface area contributed by atoms with Crippen molar-refractivity contribution in [3.8, 4) is 0 Å². The maximum atomic E-state index is 11.0. The number of anilines is 2. The zero-order chi connectivity index (χ0) is 15.6. The van der Waals surface area contributed by atoms with Crippen LogP contribution in [0.1, 0.15) is 6.42 Å². The standard InChI is InChI=1S/C12H20N6O3/c1-16(2)6-9-3-10(19)7-17(9)12-5-8(18(20)21)4-11(14-12)15-13/h4-5,9-10,19H,3,6-7,13H2,1-2H3,(H,14,15). The van der Waals surface area contributed by atoms with Gasteiger partial charge in [-0.1, -0.05) is 0 Å². The number of rotatable bonds is 5. The second kappa shape index (κ2) is 6.20. The molecule has 2 unspecified atom stereocenters. The Morgan fingerprint density at radius 1 is 1.62 bits per heavy atom. The molecule has 1 aromatic heterocycles. The van der Waals surface area contributed by atoms with Crippen molar-refractivity contribution in [2.45, 2.75) is 18.6 Å². The van der Waals surface area contributed by atoms with Gasteiger partial charge in [-0.3, -0.25) is 10.1 Å². The third-order valence-corrected chi connectivity index (χ3v) is 3.42. The van der Waals surface area contributed by atoms with Crippen LogP contribution in [0.5, 0.6) is 0 Å². The minimum absolute atomic E-state index is 0.0510. The minimum Gasteiger partial charge on any atom is -0.391 e. The fourth-order valence-electron chi connectivity index (χ4n) is 2.60. The number of aliphatic hydroxyl groups excluding tert-OH is 1. The first-order chi connectivity index (χ1) is 9.90. The van der Waals surface area contributed by atoms with Gasteiger partial charge in [-0.25, -0.2) is 10.8 Å². The fourth-order valence-corrected chi connectivity index (χ4v) is 2.60. The smallest absolute Gasteiger partial charge is 0.276 e. The Kier molecular flexibility index (Phi) is 4.56. The molecule has 2 atom stereocenters. The second-order valence-corrected chi connectivity index (χ2v) is 5.43. The van der Waals surface area contributed by atoms with Gasteiger partial charge >= 0.3 is 0 Å². The van der Waals surface area contributed by atoms with Gasteiger partial charge in [0.2, 0.25) is 0 Å². The van der Waals surface area contributed by atoms with Crippen molar-refractivity contribution >= 4 is 17.3 Å². The van der Waals surface area contributed by atoms with Gasteiger partial charge in [-0.05, 0) is 20.5 Å². The van der Waals surface area contributed by atoms with E-state index in [4.69, 9.17) is 5.84 Å². The third-order valence-electron chi connectivity index (χ3n) is 3.42. The monoisotopic (exact) mass is 296 g/mol. The molecule has 0 amide bonds. The van der Waals surface area contributed by atoms with E-state index in [-0.39, 0.29) is 17.5 Å². The first kappa shape index (κ1) is 15.4. The summed E-state index contributed by atoms with van der Waals surface area (Å²) in [5, 5.41) is 20.9. The number of hydrazine groups is 1. The first-order valence-corrected chi connectivity index (χ1v) is 6.63. The highest BCUT2D eigenvalue weighted by molar-refractivity contribution is 5.56. The molecule has 9 nitrogen and oxygen atoms in total. The van der Waals surface area contributed by atoms with Crippen LogP contribution in [0.15, 0.2) is 12.1 Å². The maximum Gasteiger partial charge on any atom is 0.276 e. The zero-order valence-corrected chi connectivity index (χ0v) is 12.1. The van der Waals surface area contributed by atoms with Crippen LogP contribution >= 0.6 is 0 Å². The van der Waals surface area contributed by atoms with Crippen molar-refractivity contribution < 1.29 is 10.0 Å². The number of aliphatic hydroxyl groups is 1. The van der Waals surface area contributed by atoms with Gasteiger partial charge < -0.3 is 20.3 Å². The fraction of sp³-hybridized carbons (Fsp3) is 0.583. The molecular formula is C12H20N6O3. The largest absolute Gasteiger partial charge is 0.391 e. The van der Waals surface area contributed by atoms with E-state index < -0.39 is 11.0 Å². The average Bonchev–Trinajstić information content (AvgIpc) is 2.78. The van der Waals surface area contributed by atoms with Gasteiger partial charge in [-0.15, -0.1) is 0 Å². The van der Waals surface area contributed by atoms with Crippen LogP contribution in [0.25, 0.3) is 0 Å². The molecule has 21 heavy (non-hydrogen) atoms. The topological polar surface area (TPSA) is 121 Å². The molecule has 0 spiro atoms. The Balaban J connectivity index is 2.34. The summed E-state index contributed by atoms with van der Waals surface area (Å²) in [6.07, 6.45) is 0.138. The number of β-amino-alcohol motifs (C(OH)–C–C–N with tert-alkyl or cyclic N) is 1. The van der Waals surface area contributed by atoms with Crippen molar-refractivity contribution in [1.82, 2.24) is 9.88 Å². The van der Waals surface area contributed by atoms with Crippen molar-refractivity contribution in [2.24, 2.45) is 5.84 Å². The average molecular weight is 296 g/mol. The number of likely N-dealkylation sites (N-methyl/N-ethyl adjacent to an activating group) is 1. The molecule has 0 radical (unpaired) electrons. The number of hydrogen-bond donors (Lipinski definition) is 3. The highest BCUT2D eigenvalue weighted by atomic mass is 16.6. The van der Waals surface area contributed by atoms with E-state index in [2.05, 4.69) is 10.4 Å². The Labute approximate surface area is 122 Å². The van der Waals surface area contributed by atoms with E-state index in [1.807, 2.05) is 23.9 Å². The van der Waals surface area contributed by atoms with E-state index in [0.29, 0.717) is 18.8 Å². The number of nitrogens with two attached hydrogens (primary N) is 1. The van der Waals surface area contributed by atoms with Gasteiger partial charge in [0.15, 0.2) is 0 Å². The molecule has 1 aliphatic heterocycles. The summed E-state index contributed by atoms with van der Waals surface area (Å²) in [4.78, 5) is 18.7. The van der Waals surface area contributed by atoms with Crippen LogP contribution in [0.3, 0.4) is 0 Å². The molecule has 1 aromatic rings. The van der Waals surface area contributed by atoms with Crippen LogP contribution in [0, 0.1) is 10.1 Å². The first-order valence-electron chi connectivity index (χ1n) is 6.63. The van der Waals surface area contributed by atoms with Gasteiger partial charge in [0.25, 0.3) is 5.69 Å². The van der Waals surface area contributed by atoms with Crippen LogP contribution in [0.2, 0.25) is 0 Å². The van der Waals surface area contributed by atoms with Gasteiger partial charge in [0.05, 0.1) is 23.2 Å². The summed E-state index contributed by atoms with van der Waals surface area (Å²) < 4.78 is 0.